The first-order chi connectivity index (χ1) is 10.1. The summed E-state index contributed by atoms with van der Waals surface area (Å²) in [5.74, 6) is 0.744. The predicted octanol–water partition coefficient (Wildman–Crippen LogP) is 4.02. The van der Waals surface area contributed by atoms with Gasteiger partial charge in [0, 0.05) is 30.6 Å². The van der Waals surface area contributed by atoms with Crippen LogP contribution in [0.4, 0.5) is 0 Å². The lowest BCUT2D eigenvalue weighted by Gasteiger charge is -2.18. The fourth-order valence-corrected chi connectivity index (χ4v) is 2.60. The third-order valence-electron chi connectivity index (χ3n) is 3.55. The van der Waals surface area contributed by atoms with Gasteiger partial charge in [-0.15, -0.1) is 11.6 Å². The molecule has 21 heavy (non-hydrogen) atoms. The zero-order valence-corrected chi connectivity index (χ0v) is 13.4. The minimum absolute atomic E-state index is 0.0579. The number of nitrogens with zero attached hydrogens (tertiary/aromatic N) is 2. The molecule has 0 spiro atoms. The van der Waals surface area contributed by atoms with Gasteiger partial charge in [0.25, 0.3) is 5.91 Å². The first kappa shape index (κ1) is 15.8. The van der Waals surface area contributed by atoms with Gasteiger partial charge in [0.05, 0.1) is 11.1 Å². The minimum Gasteiger partial charge on any atom is -0.342 e. The average molecular weight is 305 g/mol. The zero-order chi connectivity index (χ0) is 15.2. The predicted molar refractivity (Wildman–Crippen MR) is 88.0 cm³/mol. The van der Waals surface area contributed by atoms with E-state index in [4.69, 9.17) is 11.6 Å². The molecule has 1 aromatic heterocycles. The summed E-state index contributed by atoms with van der Waals surface area (Å²) in [5.41, 5.74) is 2.47. The number of hydrogen-bond donors (Lipinski definition) is 0. The van der Waals surface area contributed by atoms with Gasteiger partial charge in [0.1, 0.15) is 0 Å². The van der Waals surface area contributed by atoms with Gasteiger partial charge in [-0.05, 0) is 31.9 Å². The lowest BCUT2D eigenvalue weighted by molar-refractivity contribution is 0.0794. The van der Waals surface area contributed by atoms with Crippen LogP contribution < -0.4 is 0 Å². The summed E-state index contributed by atoms with van der Waals surface area (Å²) in [4.78, 5) is 18.9. The lowest BCUT2D eigenvalue weighted by Crippen LogP contribution is -2.28. The highest BCUT2D eigenvalue weighted by Crippen LogP contribution is 2.19. The molecule has 0 saturated heterocycles. The van der Waals surface area contributed by atoms with E-state index in [1.54, 1.807) is 4.90 Å². The van der Waals surface area contributed by atoms with Crippen LogP contribution in [0.1, 0.15) is 35.3 Å². The molecule has 0 aliphatic carbocycles. The van der Waals surface area contributed by atoms with Crippen molar-refractivity contribution < 1.29 is 4.79 Å². The van der Waals surface area contributed by atoms with Crippen LogP contribution in [0.3, 0.4) is 0 Å². The Labute approximate surface area is 130 Å². The molecule has 0 unspecified atom stereocenters. The Morgan fingerprint density at radius 1 is 1.24 bits per heavy atom. The number of halogens is 1. The number of aryl methyl sites for hydroxylation is 1. The van der Waals surface area contributed by atoms with E-state index in [-0.39, 0.29) is 5.91 Å². The van der Waals surface area contributed by atoms with E-state index in [1.165, 1.54) is 0 Å². The number of aromatic nitrogens is 1. The number of carbonyl (C=O) groups is 1. The maximum atomic E-state index is 12.6. The number of hydrogen-bond acceptors (Lipinski definition) is 2. The second kappa shape index (κ2) is 7.41. The molecule has 2 aromatic rings. The Morgan fingerprint density at radius 2 is 2.00 bits per heavy atom. The van der Waals surface area contributed by atoms with E-state index in [2.05, 4.69) is 4.98 Å². The van der Waals surface area contributed by atoms with Crippen LogP contribution in [0.2, 0.25) is 0 Å². The van der Waals surface area contributed by atoms with Crippen LogP contribution in [-0.2, 0) is 0 Å². The summed E-state index contributed by atoms with van der Waals surface area (Å²) < 4.78 is 0. The van der Waals surface area contributed by atoms with Crippen LogP contribution >= 0.6 is 11.6 Å². The van der Waals surface area contributed by atoms with Gasteiger partial charge in [0.15, 0.2) is 0 Å². The summed E-state index contributed by atoms with van der Waals surface area (Å²) >= 11 is 5.67. The summed E-state index contributed by atoms with van der Waals surface area (Å²) in [6, 6.07) is 9.66. The van der Waals surface area contributed by atoms with Crippen molar-refractivity contribution in [3.63, 3.8) is 0 Å². The van der Waals surface area contributed by atoms with E-state index in [0.29, 0.717) is 5.88 Å². The Hall–Kier alpha value is -1.61. The third-order valence-corrected chi connectivity index (χ3v) is 3.82. The van der Waals surface area contributed by atoms with E-state index < -0.39 is 0 Å². The van der Waals surface area contributed by atoms with Crippen LogP contribution in [0.25, 0.3) is 10.9 Å². The molecule has 0 bridgehead atoms. The van der Waals surface area contributed by atoms with E-state index in [1.807, 2.05) is 44.3 Å². The molecule has 2 rings (SSSR count). The number of pyridine rings is 1. The van der Waals surface area contributed by atoms with Crippen molar-refractivity contribution in [1.82, 2.24) is 9.88 Å². The molecule has 0 atom stereocenters. The van der Waals surface area contributed by atoms with Gasteiger partial charge in [-0.2, -0.15) is 0 Å². The monoisotopic (exact) mass is 304 g/mol. The number of para-hydroxylation sites is 1. The van der Waals surface area contributed by atoms with Gasteiger partial charge in [-0.1, -0.05) is 24.6 Å². The normalized spacial score (nSPS) is 10.8. The quantitative estimate of drug-likeness (QED) is 0.596. The molecule has 1 heterocycles. The van der Waals surface area contributed by atoms with Crippen molar-refractivity contribution >= 4 is 28.4 Å². The second-order valence-corrected chi connectivity index (χ2v) is 5.68. The molecule has 0 N–H and O–H groups in total. The third kappa shape index (κ3) is 3.94. The Balaban J connectivity index is 2.18. The van der Waals surface area contributed by atoms with Crippen molar-refractivity contribution in [3.05, 3.63) is 41.6 Å². The van der Waals surface area contributed by atoms with Gasteiger partial charge in [0.2, 0.25) is 0 Å². The molecule has 0 aliphatic rings. The highest BCUT2D eigenvalue weighted by molar-refractivity contribution is 6.17. The van der Waals surface area contributed by atoms with Gasteiger partial charge >= 0.3 is 0 Å². The van der Waals surface area contributed by atoms with E-state index >= 15 is 0 Å². The van der Waals surface area contributed by atoms with Crippen LogP contribution in [-0.4, -0.2) is 35.3 Å². The number of alkyl halides is 1. The van der Waals surface area contributed by atoms with Crippen molar-refractivity contribution in [2.24, 2.45) is 0 Å². The summed E-state index contributed by atoms with van der Waals surface area (Å²) in [5, 5.41) is 0.917. The Morgan fingerprint density at radius 3 is 2.76 bits per heavy atom. The van der Waals surface area contributed by atoms with Gasteiger partial charge in [-0.25, -0.2) is 0 Å². The van der Waals surface area contributed by atoms with Crippen molar-refractivity contribution in [2.45, 2.75) is 26.2 Å². The molecule has 112 valence electrons. The number of rotatable bonds is 6. The summed E-state index contributed by atoms with van der Waals surface area (Å²) in [6.07, 6.45) is 3.04. The fraction of sp³-hybridized carbons (Fsp3) is 0.412. The SMILES string of the molecule is Cc1cc(C(=O)N(C)CCCCCCl)c2ccccc2n1. The van der Waals surface area contributed by atoms with E-state index in [0.717, 1.165) is 48.0 Å². The van der Waals surface area contributed by atoms with Crippen molar-refractivity contribution in [3.8, 4) is 0 Å². The second-order valence-electron chi connectivity index (χ2n) is 5.30. The van der Waals surface area contributed by atoms with Gasteiger partial charge < -0.3 is 4.90 Å². The van der Waals surface area contributed by atoms with Crippen molar-refractivity contribution in [2.75, 3.05) is 19.5 Å². The molecule has 0 aliphatic heterocycles. The maximum Gasteiger partial charge on any atom is 0.254 e. The van der Waals surface area contributed by atoms with Crippen LogP contribution in [0, 0.1) is 6.92 Å². The maximum absolute atomic E-state index is 12.6. The first-order valence-electron chi connectivity index (χ1n) is 7.31. The number of benzene rings is 1. The lowest BCUT2D eigenvalue weighted by atomic mass is 10.1. The summed E-state index contributed by atoms with van der Waals surface area (Å²) in [6.45, 7) is 2.68. The van der Waals surface area contributed by atoms with Gasteiger partial charge in [-0.3, -0.25) is 9.78 Å². The van der Waals surface area contributed by atoms with Crippen LogP contribution in [0.15, 0.2) is 30.3 Å². The first-order valence-corrected chi connectivity index (χ1v) is 7.84. The molecule has 1 aromatic carbocycles. The smallest absolute Gasteiger partial charge is 0.254 e. The number of carbonyl (C=O) groups excluding carboxylic acids is 1. The molecule has 3 nitrogen and oxygen atoms in total. The number of fused-ring (bicyclic) bond motifs is 1. The standard InChI is InChI=1S/C17H21ClN2O/c1-13-12-15(14-8-4-5-9-16(14)19-13)17(21)20(2)11-7-3-6-10-18/h4-5,8-9,12H,3,6-7,10-11H2,1-2H3. The Bertz CT molecular complexity index is 627. The molecule has 0 fully saturated rings. The van der Waals surface area contributed by atoms with E-state index in [9.17, 15) is 4.79 Å². The topological polar surface area (TPSA) is 33.2 Å². The molecule has 4 heteroatoms. The van der Waals surface area contributed by atoms with Crippen molar-refractivity contribution in [1.29, 1.82) is 0 Å². The number of amides is 1. The zero-order valence-electron chi connectivity index (χ0n) is 12.6. The minimum atomic E-state index is 0.0579. The molecular weight excluding hydrogens is 284 g/mol. The average Bonchev–Trinajstić information content (AvgIpc) is 2.49. The molecular formula is C17H21ClN2O. The largest absolute Gasteiger partial charge is 0.342 e. The summed E-state index contributed by atoms with van der Waals surface area (Å²) in [7, 11) is 1.85. The highest BCUT2D eigenvalue weighted by Gasteiger charge is 2.15. The fourth-order valence-electron chi connectivity index (χ4n) is 2.41. The Kier molecular flexibility index (Phi) is 5.57. The molecule has 1 amide bonds. The molecule has 0 saturated carbocycles. The van der Waals surface area contributed by atoms with Crippen LogP contribution in [0.5, 0.6) is 0 Å². The highest BCUT2D eigenvalue weighted by atomic mass is 35.5. The number of unbranched alkanes of at least 4 members (excludes halogenated alkanes) is 2. The molecule has 0 radical (unpaired) electrons.